The summed E-state index contributed by atoms with van der Waals surface area (Å²) in [6.45, 7) is 0.306. The first-order valence-electron chi connectivity index (χ1n) is 7.60. The third-order valence-corrected chi connectivity index (χ3v) is 3.55. The van der Waals surface area contributed by atoms with Crippen LogP contribution in [0.1, 0.15) is 18.4 Å². The van der Waals surface area contributed by atoms with Crippen molar-refractivity contribution in [3.63, 3.8) is 0 Å². The van der Waals surface area contributed by atoms with Crippen molar-refractivity contribution < 1.29 is 29.2 Å². The smallest absolute Gasteiger partial charge is 0.437 e. The predicted molar refractivity (Wildman–Crippen MR) is 87.7 cm³/mol. The van der Waals surface area contributed by atoms with Gasteiger partial charge >= 0.3 is 12.2 Å². The number of hydrogen-bond donors (Lipinski definition) is 2. The average molecular weight is 364 g/mol. The molecule has 138 valence electrons. The maximum Gasteiger partial charge on any atom is 0.437 e. The van der Waals surface area contributed by atoms with Gasteiger partial charge in [-0.2, -0.15) is 0 Å². The number of aliphatic imine (C=N–C) groups is 1. The highest BCUT2D eigenvalue weighted by Crippen LogP contribution is 2.13. The van der Waals surface area contributed by atoms with Crippen molar-refractivity contribution in [1.29, 1.82) is 0 Å². The first-order chi connectivity index (χ1) is 12.3. The van der Waals surface area contributed by atoms with E-state index in [-0.39, 0.29) is 50.0 Å². The number of nitro benzene ring substituents is 1. The maximum atomic E-state index is 11.8. The molecule has 26 heavy (non-hydrogen) atoms. The fraction of sp³-hybridized carbons (Fsp3) is 0.333. The molecule has 0 aromatic heterocycles. The van der Waals surface area contributed by atoms with Gasteiger partial charge in [0, 0.05) is 38.1 Å². The fourth-order valence-corrected chi connectivity index (χ4v) is 2.22. The minimum Gasteiger partial charge on any atom is -0.465 e. The van der Waals surface area contributed by atoms with Crippen LogP contribution in [0.15, 0.2) is 29.3 Å². The summed E-state index contributed by atoms with van der Waals surface area (Å²) >= 11 is 0. The van der Waals surface area contributed by atoms with Gasteiger partial charge in [0.15, 0.2) is 0 Å². The van der Waals surface area contributed by atoms with Gasteiger partial charge in [0.05, 0.1) is 4.92 Å². The lowest BCUT2D eigenvalue weighted by Gasteiger charge is -2.28. The van der Waals surface area contributed by atoms with Crippen molar-refractivity contribution in [2.45, 2.75) is 19.4 Å². The zero-order chi connectivity index (χ0) is 19.1. The number of benzene rings is 1. The quantitative estimate of drug-likeness (QED) is 0.354. The number of carboxylic acid groups (broad SMARTS) is 1. The lowest BCUT2D eigenvalue weighted by Crippen LogP contribution is -2.47. The molecule has 1 aliphatic rings. The molecule has 0 atom stereocenters. The molecule has 1 aromatic carbocycles. The molecular weight excluding hydrogens is 348 g/mol. The summed E-state index contributed by atoms with van der Waals surface area (Å²) < 4.78 is 4.93. The van der Waals surface area contributed by atoms with Crippen LogP contribution < -0.4 is 5.32 Å². The van der Waals surface area contributed by atoms with E-state index in [1.165, 1.54) is 29.2 Å². The normalized spacial score (nSPS) is 14.7. The van der Waals surface area contributed by atoms with Crippen molar-refractivity contribution in [3.8, 4) is 0 Å². The number of ketones is 1. The number of ether oxygens (including phenoxy) is 1. The summed E-state index contributed by atoms with van der Waals surface area (Å²) in [5, 5.41) is 21.5. The first-order valence-corrected chi connectivity index (χ1v) is 7.60. The van der Waals surface area contributed by atoms with Gasteiger partial charge < -0.3 is 14.7 Å². The van der Waals surface area contributed by atoms with E-state index in [9.17, 15) is 24.5 Å². The van der Waals surface area contributed by atoms with Crippen molar-refractivity contribution in [2.24, 2.45) is 4.99 Å². The maximum absolute atomic E-state index is 11.8. The van der Waals surface area contributed by atoms with Gasteiger partial charge in [-0.15, -0.1) is 4.99 Å². The fourth-order valence-electron chi connectivity index (χ4n) is 2.22. The van der Waals surface area contributed by atoms with Gasteiger partial charge in [-0.05, 0) is 17.7 Å². The summed E-state index contributed by atoms with van der Waals surface area (Å²) in [6.07, 6.45) is -1.95. The topological polar surface area (TPSA) is 151 Å². The molecule has 2 N–H and O–H groups in total. The number of hydrogen-bond acceptors (Lipinski definition) is 6. The van der Waals surface area contributed by atoms with Crippen LogP contribution in [0, 0.1) is 10.1 Å². The van der Waals surface area contributed by atoms with E-state index in [0.717, 1.165) is 0 Å². The molecule has 1 fully saturated rings. The van der Waals surface area contributed by atoms with Crippen molar-refractivity contribution >= 4 is 29.6 Å². The molecular formula is C15H16N4O7. The summed E-state index contributed by atoms with van der Waals surface area (Å²) in [6, 6.07) is 5.41. The Labute approximate surface area is 147 Å². The first kappa shape index (κ1) is 18.8. The van der Waals surface area contributed by atoms with Gasteiger partial charge in [0.25, 0.3) is 5.69 Å². The number of likely N-dealkylation sites (tertiary alicyclic amines) is 1. The molecule has 0 aliphatic carbocycles. The number of amides is 2. The second-order valence-corrected chi connectivity index (χ2v) is 5.37. The largest absolute Gasteiger partial charge is 0.465 e. The van der Waals surface area contributed by atoms with Crippen LogP contribution in [0.5, 0.6) is 0 Å². The zero-order valence-corrected chi connectivity index (χ0v) is 13.6. The third kappa shape index (κ3) is 5.54. The molecule has 0 saturated carbocycles. The Kier molecular flexibility index (Phi) is 6.20. The number of non-ortho nitro benzene ring substituents is 1. The highest BCUT2D eigenvalue weighted by Gasteiger charge is 2.22. The molecule has 0 bridgehead atoms. The lowest BCUT2D eigenvalue weighted by atomic mass is 10.1. The lowest BCUT2D eigenvalue weighted by molar-refractivity contribution is -0.384. The van der Waals surface area contributed by atoms with Crippen molar-refractivity contribution in [1.82, 2.24) is 10.2 Å². The Morgan fingerprint density at radius 1 is 1.27 bits per heavy atom. The van der Waals surface area contributed by atoms with E-state index in [4.69, 9.17) is 9.84 Å². The van der Waals surface area contributed by atoms with Crippen LogP contribution in [0.25, 0.3) is 0 Å². The molecule has 1 heterocycles. The summed E-state index contributed by atoms with van der Waals surface area (Å²) in [4.78, 5) is 49.1. The molecule has 1 saturated heterocycles. The zero-order valence-electron chi connectivity index (χ0n) is 13.6. The second kappa shape index (κ2) is 8.55. The van der Waals surface area contributed by atoms with E-state index in [2.05, 4.69) is 4.99 Å². The number of nitrogens with zero attached hydrogens (tertiary/aromatic N) is 3. The highest BCUT2D eigenvalue weighted by atomic mass is 16.6. The third-order valence-electron chi connectivity index (χ3n) is 3.55. The number of piperidine rings is 1. The Morgan fingerprint density at radius 2 is 1.88 bits per heavy atom. The van der Waals surface area contributed by atoms with E-state index < -0.39 is 17.1 Å². The van der Waals surface area contributed by atoms with Crippen LogP contribution in [0.2, 0.25) is 0 Å². The van der Waals surface area contributed by atoms with Gasteiger partial charge in [-0.3, -0.25) is 20.2 Å². The molecule has 1 aromatic rings. The number of nitro groups is 1. The minimum atomic E-state index is -1.40. The molecule has 11 nitrogen and oxygen atoms in total. The van der Waals surface area contributed by atoms with Crippen LogP contribution in [0.4, 0.5) is 15.3 Å². The monoisotopic (exact) mass is 364 g/mol. The summed E-state index contributed by atoms with van der Waals surface area (Å²) in [7, 11) is 0. The van der Waals surface area contributed by atoms with Gasteiger partial charge in [0.1, 0.15) is 12.4 Å². The van der Waals surface area contributed by atoms with Crippen LogP contribution in [-0.2, 0) is 16.1 Å². The van der Waals surface area contributed by atoms with Crippen molar-refractivity contribution in [2.75, 3.05) is 13.1 Å². The molecule has 0 spiro atoms. The van der Waals surface area contributed by atoms with Gasteiger partial charge in [-0.25, -0.2) is 9.59 Å². The van der Waals surface area contributed by atoms with Gasteiger partial charge in [0.2, 0.25) is 5.96 Å². The summed E-state index contributed by atoms with van der Waals surface area (Å²) in [5.41, 5.74) is 0.418. The van der Waals surface area contributed by atoms with Crippen molar-refractivity contribution in [3.05, 3.63) is 39.9 Å². The number of guanidine groups is 1. The van der Waals surface area contributed by atoms with E-state index in [1.54, 1.807) is 0 Å². The van der Waals surface area contributed by atoms with Crippen LogP contribution in [0.3, 0.4) is 0 Å². The van der Waals surface area contributed by atoms with Gasteiger partial charge in [-0.1, -0.05) is 0 Å². The van der Waals surface area contributed by atoms with E-state index in [1.807, 2.05) is 5.32 Å². The number of carbonyl (C=O) groups is 3. The van der Waals surface area contributed by atoms with E-state index >= 15 is 0 Å². The molecule has 2 amide bonds. The molecule has 1 aliphatic heterocycles. The Bertz CT molecular complexity index is 735. The summed E-state index contributed by atoms with van der Waals surface area (Å²) in [5.74, 6) is -0.157. The second-order valence-electron chi connectivity index (χ2n) is 5.37. The Morgan fingerprint density at radius 3 is 2.42 bits per heavy atom. The highest BCUT2D eigenvalue weighted by molar-refractivity contribution is 5.99. The molecule has 0 radical (unpaired) electrons. The number of rotatable bonds is 3. The number of nitrogens with one attached hydrogen (secondary N) is 1. The molecule has 0 unspecified atom stereocenters. The van der Waals surface area contributed by atoms with Crippen LogP contribution >= 0.6 is 0 Å². The van der Waals surface area contributed by atoms with Crippen LogP contribution in [-0.4, -0.2) is 51.9 Å². The Hall–Kier alpha value is -3.50. The SMILES string of the molecule is O=C1CCN(/C(=N/C(=O)OCc2ccc([N+](=O)[O-])cc2)NC(=O)O)CC1. The number of carbonyl (C=O) groups excluding carboxylic acids is 2. The van der Waals surface area contributed by atoms with E-state index in [0.29, 0.717) is 5.56 Å². The number of Topliss-reactive ketones (excluding diaryl/α,β-unsaturated/α-hetero) is 1. The molecule has 2 rings (SSSR count). The average Bonchev–Trinajstić information content (AvgIpc) is 2.60. The standard InChI is InChI=1S/C15H16N4O7/c20-12-5-7-18(8-6-12)13(16-14(21)22)17-15(23)26-9-10-1-3-11(4-2-10)19(24)25/h1-4H,5-9H2,(H,21,22)(H,16,17,23). The predicted octanol–water partition coefficient (Wildman–Crippen LogP) is 1.52. The molecule has 11 heteroatoms. The Balaban J connectivity index is 1.98. The minimum absolute atomic E-state index is 0.0525.